The van der Waals surface area contributed by atoms with E-state index in [-0.39, 0.29) is 44.5 Å². The topological polar surface area (TPSA) is 77.4 Å². The van der Waals surface area contributed by atoms with Crippen LogP contribution in [0.4, 0.5) is 0 Å². The summed E-state index contributed by atoms with van der Waals surface area (Å²) in [5.74, 6) is -0.138. The summed E-state index contributed by atoms with van der Waals surface area (Å²) in [4.78, 5) is 0. The van der Waals surface area contributed by atoms with Gasteiger partial charge in [-0.05, 0) is 23.6 Å². The molecule has 4 nitrogen and oxygen atoms in total. The Morgan fingerprint density at radius 3 is 2.50 bits per heavy atom. The number of aromatic hydroxyl groups is 1. The minimum absolute atomic E-state index is 0. The molecule has 0 bridgehead atoms. The molecule has 1 aromatic heterocycles. The molecule has 0 fully saturated rings. The summed E-state index contributed by atoms with van der Waals surface area (Å²) >= 11 is 6.45. The minimum Gasteiger partial charge on any atom is -0.743 e. The van der Waals surface area contributed by atoms with E-state index in [1.807, 2.05) is 0 Å². The van der Waals surface area contributed by atoms with E-state index in [0.717, 1.165) is 11.3 Å². The first-order chi connectivity index (χ1) is 6.88. The Kier molecular flexibility index (Phi) is 4.29. The second-order valence-electron chi connectivity index (χ2n) is 2.86. The van der Waals surface area contributed by atoms with E-state index in [0.29, 0.717) is 10.1 Å². The first-order valence-electron chi connectivity index (χ1n) is 3.76. The van der Waals surface area contributed by atoms with E-state index in [4.69, 9.17) is 11.6 Å². The van der Waals surface area contributed by atoms with E-state index >= 15 is 0 Å². The predicted molar refractivity (Wildman–Crippen MR) is 56.5 cm³/mol. The monoisotopic (exact) mass is 286 g/mol. The zero-order valence-electron chi connectivity index (χ0n) is 8.10. The van der Waals surface area contributed by atoms with Gasteiger partial charge in [0.15, 0.2) is 0 Å². The second kappa shape index (κ2) is 4.81. The van der Waals surface area contributed by atoms with Crippen LogP contribution < -0.4 is 29.6 Å². The summed E-state index contributed by atoms with van der Waals surface area (Å²) in [6.07, 6.45) is 0. The van der Waals surface area contributed by atoms with E-state index in [1.165, 1.54) is 18.2 Å². The van der Waals surface area contributed by atoms with Crippen molar-refractivity contribution in [3.63, 3.8) is 0 Å². The van der Waals surface area contributed by atoms with Crippen LogP contribution in [0, 0.1) is 0 Å². The van der Waals surface area contributed by atoms with Crippen molar-refractivity contribution < 1.29 is 47.6 Å². The zero-order chi connectivity index (χ0) is 11.2. The van der Waals surface area contributed by atoms with Crippen molar-refractivity contribution in [3.8, 4) is 5.75 Å². The van der Waals surface area contributed by atoms with Crippen molar-refractivity contribution in [1.82, 2.24) is 0 Å². The molecule has 8 heteroatoms. The first-order valence-corrected chi connectivity index (χ1v) is 6.36. The van der Waals surface area contributed by atoms with Crippen molar-refractivity contribution in [3.05, 3.63) is 23.2 Å². The van der Waals surface area contributed by atoms with Crippen molar-refractivity contribution in [1.29, 1.82) is 0 Å². The molecule has 80 valence electrons. The third kappa shape index (κ3) is 2.70. The SMILES string of the molecule is O=S(=O)([O-])c1cc2cc(Cl)c(O)cc2s1.[Na+]. The quantitative estimate of drug-likeness (QED) is 0.548. The van der Waals surface area contributed by atoms with Crippen molar-refractivity contribution in [2.45, 2.75) is 4.21 Å². The van der Waals surface area contributed by atoms with Crippen LogP contribution >= 0.6 is 22.9 Å². The molecule has 0 unspecified atom stereocenters. The van der Waals surface area contributed by atoms with Gasteiger partial charge >= 0.3 is 29.6 Å². The molecule has 1 N–H and O–H groups in total. The fraction of sp³-hybridized carbons (Fsp3) is 0. The van der Waals surface area contributed by atoms with Crippen LogP contribution in [0.25, 0.3) is 10.1 Å². The van der Waals surface area contributed by atoms with Gasteiger partial charge in [0.05, 0.1) is 5.02 Å². The molecule has 0 radical (unpaired) electrons. The van der Waals surface area contributed by atoms with Crippen LogP contribution in [-0.4, -0.2) is 18.1 Å². The molecule has 1 heterocycles. The molecule has 0 amide bonds. The van der Waals surface area contributed by atoms with E-state index in [9.17, 15) is 18.1 Å². The molecule has 0 spiro atoms. The largest absolute Gasteiger partial charge is 1.00 e. The Hall–Kier alpha value is 0.180. The summed E-state index contributed by atoms with van der Waals surface area (Å²) in [7, 11) is -4.45. The maximum Gasteiger partial charge on any atom is 1.00 e. The Labute approximate surface area is 123 Å². The van der Waals surface area contributed by atoms with E-state index in [2.05, 4.69) is 0 Å². The van der Waals surface area contributed by atoms with E-state index < -0.39 is 10.1 Å². The van der Waals surface area contributed by atoms with Gasteiger partial charge in [-0.2, -0.15) is 0 Å². The standard InChI is InChI=1S/C8H5ClO4S2.Na/c9-5-1-4-2-8(15(11,12)13)14-7(4)3-6(5)10;/h1-3,10H,(H,11,12,13);/q;+1/p-1. The van der Waals surface area contributed by atoms with Gasteiger partial charge in [-0.15, -0.1) is 11.3 Å². The molecule has 0 saturated heterocycles. The summed E-state index contributed by atoms with van der Waals surface area (Å²) in [6, 6.07) is 3.99. The molecule has 0 atom stereocenters. The Morgan fingerprint density at radius 1 is 1.31 bits per heavy atom. The number of benzene rings is 1. The fourth-order valence-electron chi connectivity index (χ4n) is 1.15. The number of phenolic OH excluding ortho intramolecular Hbond substituents is 1. The third-order valence-electron chi connectivity index (χ3n) is 1.81. The maximum absolute atomic E-state index is 10.7. The minimum atomic E-state index is -4.45. The number of halogens is 1. The average Bonchev–Trinajstić information content (AvgIpc) is 2.47. The van der Waals surface area contributed by atoms with Gasteiger partial charge in [-0.3, -0.25) is 0 Å². The Morgan fingerprint density at radius 2 is 1.94 bits per heavy atom. The van der Waals surface area contributed by atoms with Crippen LogP contribution in [0.2, 0.25) is 5.02 Å². The molecule has 16 heavy (non-hydrogen) atoms. The van der Waals surface area contributed by atoms with Crippen molar-refractivity contribution in [2.24, 2.45) is 0 Å². The number of hydrogen-bond donors (Lipinski definition) is 1. The molecular formula is C8H4ClNaO4S2. The van der Waals surface area contributed by atoms with Gasteiger partial charge in [-0.1, -0.05) is 11.6 Å². The Balaban J connectivity index is 0.00000128. The third-order valence-corrected chi connectivity index (χ3v) is 4.48. The molecule has 0 aliphatic heterocycles. The molecule has 1 aromatic carbocycles. The number of rotatable bonds is 1. The smallest absolute Gasteiger partial charge is 0.743 e. The first kappa shape index (κ1) is 14.2. The van der Waals surface area contributed by atoms with Gasteiger partial charge in [0, 0.05) is 4.70 Å². The molecule has 2 aromatic rings. The second-order valence-corrected chi connectivity index (χ2v) is 5.96. The van der Waals surface area contributed by atoms with Crippen LogP contribution in [0.15, 0.2) is 22.4 Å². The normalized spacial score (nSPS) is 11.4. The van der Waals surface area contributed by atoms with Gasteiger partial charge < -0.3 is 9.66 Å². The predicted octanol–water partition coefficient (Wildman–Crippen LogP) is -0.832. The van der Waals surface area contributed by atoms with Gasteiger partial charge in [-0.25, -0.2) is 8.42 Å². The molecule has 2 rings (SSSR count). The molecule has 0 aliphatic rings. The van der Waals surface area contributed by atoms with Gasteiger partial charge in [0.1, 0.15) is 20.1 Å². The van der Waals surface area contributed by atoms with Crippen LogP contribution in [0.3, 0.4) is 0 Å². The van der Waals surface area contributed by atoms with Crippen molar-refractivity contribution >= 4 is 43.1 Å². The van der Waals surface area contributed by atoms with Gasteiger partial charge in [0.2, 0.25) is 0 Å². The van der Waals surface area contributed by atoms with Crippen LogP contribution in [0.1, 0.15) is 0 Å². The summed E-state index contributed by atoms with van der Waals surface area (Å²) in [6.45, 7) is 0. The fourth-order valence-corrected chi connectivity index (χ4v) is 3.08. The van der Waals surface area contributed by atoms with E-state index in [1.54, 1.807) is 0 Å². The van der Waals surface area contributed by atoms with Crippen LogP contribution in [0.5, 0.6) is 5.75 Å². The van der Waals surface area contributed by atoms with Crippen LogP contribution in [-0.2, 0) is 10.1 Å². The zero-order valence-corrected chi connectivity index (χ0v) is 12.5. The van der Waals surface area contributed by atoms with Gasteiger partial charge in [0.25, 0.3) is 0 Å². The number of thiophene rings is 1. The molecular weight excluding hydrogens is 283 g/mol. The summed E-state index contributed by atoms with van der Waals surface area (Å²) < 4.78 is 32.4. The summed E-state index contributed by atoms with van der Waals surface area (Å²) in [5, 5.41) is 9.92. The van der Waals surface area contributed by atoms with Crippen molar-refractivity contribution in [2.75, 3.05) is 0 Å². The molecule has 0 aliphatic carbocycles. The average molecular weight is 287 g/mol. The maximum atomic E-state index is 10.7. The number of phenols is 1. The molecule has 0 saturated carbocycles. The Bertz CT molecular complexity index is 596. The summed E-state index contributed by atoms with van der Waals surface area (Å²) in [5.41, 5.74) is 0. The number of fused-ring (bicyclic) bond motifs is 1. The number of hydrogen-bond acceptors (Lipinski definition) is 5.